The van der Waals surface area contributed by atoms with E-state index in [1.807, 2.05) is 31.2 Å². The molecule has 0 aliphatic carbocycles. The molecule has 0 radical (unpaired) electrons. The van der Waals surface area contributed by atoms with E-state index in [1.54, 1.807) is 13.1 Å². The van der Waals surface area contributed by atoms with Crippen molar-refractivity contribution in [1.82, 2.24) is 20.9 Å². The molecule has 9 heteroatoms. The molecular weight excluding hydrogens is 376 g/mol. The molecule has 4 amide bonds. The van der Waals surface area contributed by atoms with Gasteiger partial charge < -0.3 is 20.4 Å². The maximum atomic E-state index is 12.4. The molecule has 0 saturated heterocycles. The lowest BCUT2D eigenvalue weighted by Crippen LogP contribution is -2.46. The van der Waals surface area contributed by atoms with Crippen molar-refractivity contribution in [1.29, 1.82) is 0 Å². The van der Waals surface area contributed by atoms with Crippen LogP contribution >= 0.6 is 0 Å². The smallest absolute Gasteiger partial charge is 0.329 e. The number of carbonyl (C=O) groups is 4. The molecular formula is C20H26N4O5. The van der Waals surface area contributed by atoms with Crippen LogP contribution in [-0.4, -0.2) is 47.5 Å². The highest BCUT2D eigenvalue weighted by Crippen LogP contribution is 2.19. The zero-order chi connectivity index (χ0) is 21.4. The molecule has 156 valence electrons. The average molecular weight is 402 g/mol. The topological polar surface area (TPSA) is 129 Å². The van der Waals surface area contributed by atoms with E-state index in [1.165, 1.54) is 6.92 Å². The lowest BCUT2D eigenvalue weighted by Gasteiger charge is -2.17. The van der Waals surface area contributed by atoms with Gasteiger partial charge in [0.05, 0.1) is 0 Å². The van der Waals surface area contributed by atoms with Crippen molar-refractivity contribution < 1.29 is 23.9 Å². The number of esters is 1. The van der Waals surface area contributed by atoms with Crippen LogP contribution in [0.25, 0.3) is 10.9 Å². The highest BCUT2D eigenvalue weighted by molar-refractivity contribution is 5.96. The Kier molecular flexibility index (Phi) is 7.76. The third-order valence-corrected chi connectivity index (χ3v) is 4.35. The van der Waals surface area contributed by atoms with Gasteiger partial charge in [0.1, 0.15) is 6.04 Å². The molecule has 0 saturated carbocycles. The van der Waals surface area contributed by atoms with Gasteiger partial charge in [0.15, 0.2) is 6.61 Å². The van der Waals surface area contributed by atoms with Crippen LogP contribution in [0.2, 0.25) is 0 Å². The molecule has 2 rings (SSSR count). The normalized spacial score (nSPS) is 12.7. The number of hydrogen-bond donors (Lipinski definition) is 4. The van der Waals surface area contributed by atoms with E-state index in [0.29, 0.717) is 6.42 Å². The average Bonchev–Trinajstić information content (AvgIpc) is 3.08. The largest absolute Gasteiger partial charge is 0.454 e. The molecule has 2 atom stereocenters. The Morgan fingerprint density at radius 3 is 2.55 bits per heavy atom. The number of benzene rings is 1. The molecule has 0 spiro atoms. The summed E-state index contributed by atoms with van der Waals surface area (Å²) < 4.78 is 5.00. The van der Waals surface area contributed by atoms with Crippen molar-refractivity contribution in [2.75, 3.05) is 6.61 Å². The van der Waals surface area contributed by atoms with Gasteiger partial charge in [-0.15, -0.1) is 0 Å². The van der Waals surface area contributed by atoms with Gasteiger partial charge in [0.2, 0.25) is 5.91 Å². The number of para-hydroxylation sites is 1. The minimum absolute atomic E-state index is 0.0920. The van der Waals surface area contributed by atoms with E-state index in [4.69, 9.17) is 4.74 Å². The molecule has 29 heavy (non-hydrogen) atoms. The summed E-state index contributed by atoms with van der Waals surface area (Å²) in [4.78, 5) is 50.5. The van der Waals surface area contributed by atoms with Gasteiger partial charge in [-0.2, -0.15) is 0 Å². The van der Waals surface area contributed by atoms with E-state index < -0.39 is 36.5 Å². The van der Waals surface area contributed by atoms with Crippen LogP contribution in [0.4, 0.5) is 4.79 Å². The molecule has 1 aromatic carbocycles. The summed E-state index contributed by atoms with van der Waals surface area (Å²) in [6.45, 7) is 4.36. The van der Waals surface area contributed by atoms with Crippen LogP contribution in [0, 0.1) is 0 Å². The van der Waals surface area contributed by atoms with Crippen LogP contribution in [0.3, 0.4) is 0 Å². The second-order valence-electron chi connectivity index (χ2n) is 6.76. The SMILES string of the molecule is CC[C@@H](C)NC(=O)NC(=O)COC(=O)[C@H](Cc1c[nH]c2ccccc12)NC(C)=O. The maximum Gasteiger partial charge on any atom is 0.329 e. The van der Waals surface area contributed by atoms with Gasteiger partial charge in [-0.05, 0) is 25.0 Å². The predicted octanol–water partition coefficient (Wildman–Crippen LogP) is 1.38. The van der Waals surface area contributed by atoms with Crippen molar-refractivity contribution in [2.45, 2.75) is 45.7 Å². The van der Waals surface area contributed by atoms with E-state index in [2.05, 4.69) is 20.9 Å². The van der Waals surface area contributed by atoms with Crippen LogP contribution in [0.5, 0.6) is 0 Å². The number of H-pyrrole nitrogens is 1. The summed E-state index contributed by atoms with van der Waals surface area (Å²) in [6.07, 6.45) is 2.67. The first-order valence-electron chi connectivity index (χ1n) is 9.39. The van der Waals surface area contributed by atoms with E-state index in [9.17, 15) is 19.2 Å². The second kappa shape index (κ2) is 10.3. The fraction of sp³-hybridized carbons (Fsp3) is 0.400. The number of hydrogen-bond acceptors (Lipinski definition) is 5. The zero-order valence-electron chi connectivity index (χ0n) is 16.7. The zero-order valence-corrected chi connectivity index (χ0v) is 16.7. The van der Waals surface area contributed by atoms with Crippen molar-refractivity contribution in [3.8, 4) is 0 Å². The Labute approximate surface area is 168 Å². The number of carbonyl (C=O) groups excluding carboxylic acids is 4. The van der Waals surface area contributed by atoms with Gasteiger partial charge in [0.25, 0.3) is 5.91 Å². The summed E-state index contributed by atoms with van der Waals surface area (Å²) in [5, 5.41) is 8.13. The van der Waals surface area contributed by atoms with Gasteiger partial charge in [-0.3, -0.25) is 14.9 Å². The summed E-state index contributed by atoms with van der Waals surface area (Å²) in [7, 11) is 0. The Morgan fingerprint density at radius 1 is 1.14 bits per heavy atom. The molecule has 0 bridgehead atoms. The molecule has 4 N–H and O–H groups in total. The summed E-state index contributed by atoms with van der Waals surface area (Å²) >= 11 is 0. The molecule has 0 aliphatic heterocycles. The summed E-state index contributed by atoms with van der Waals surface area (Å²) in [6, 6.07) is 5.86. The number of amides is 4. The third-order valence-electron chi connectivity index (χ3n) is 4.35. The fourth-order valence-electron chi connectivity index (χ4n) is 2.72. The monoisotopic (exact) mass is 402 g/mol. The van der Waals surface area contributed by atoms with Gasteiger partial charge in [-0.25, -0.2) is 9.59 Å². The minimum Gasteiger partial charge on any atom is -0.454 e. The standard InChI is InChI=1S/C20H26N4O5/c1-4-12(2)22-20(28)24-18(26)11-29-19(27)17(23-13(3)25)9-14-10-21-16-8-6-5-7-15(14)16/h5-8,10,12,17,21H,4,9,11H2,1-3H3,(H,23,25)(H2,22,24,26,28)/t12-,17+/m1/s1. The number of aromatic nitrogens is 1. The van der Waals surface area contributed by atoms with E-state index in [0.717, 1.165) is 16.5 Å². The van der Waals surface area contributed by atoms with Gasteiger partial charge >= 0.3 is 12.0 Å². The lowest BCUT2D eigenvalue weighted by atomic mass is 10.0. The van der Waals surface area contributed by atoms with Crippen molar-refractivity contribution in [2.24, 2.45) is 0 Å². The van der Waals surface area contributed by atoms with Crippen LogP contribution in [-0.2, 0) is 25.5 Å². The van der Waals surface area contributed by atoms with Crippen molar-refractivity contribution in [3.63, 3.8) is 0 Å². The Hall–Kier alpha value is -3.36. The lowest BCUT2D eigenvalue weighted by molar-refractivity contribution is -0.151. The first kappa shape index (κ1) is 21.9. The van der Waals surface area contributed by atoms with Crippen LogP contribution in [0.1, 0.15) is 32.8 Å². The molecule has 1 aromatic heterocycles. The van der Waals surface area contributed by atoms with Crippen molar-refractivity contribution >= 4 is 34.7 Å². The number of rotatable bonds is 8. The molecule has 0 aliphatic rings. The second-order valence-corrected chi connectivity index (χ2v) is 6.76. The van der Waals surface area contributed by atoms with Crippen molar-refractivity contribution in [3.05, 3.63) is 36.0 Å². The Morgan fingerprint density at radius 2 is 1.86 bits per heavy atom. The quantitative estimate of drug-likeness (QED) is 0.496. The number of ether oxygens (including phenoxy) is 1. The molecule has 9 nitrogen and oxygen atoms in total. The third kappa shape index (κ3) is 6.63. The maximum absolute atomic E-state index is 12.4. The number of nitrogens with one attached hydrogen (secondary N) is 4. The number of urea groups is 1. The van der Waals surface area contributed by atoms with Crippen LogP contribution in [0.15, 0.2) is 30.5 Å². The molecule has 2 aromatic rings. The summed E-state index contributed by atoms with van der Waals surface area (Å²) in [5.74, 6) is -1.92. The minimum atomic E-state index is -0.964. The fourth-order valence-corrected chi connectivity index (χ4v) is 2.72. The molecule has 0 unspecified atom stereocenters. The first-order chi connectivity index (χ1) is 13.8. The molecule has 0 fully saturated rings. The van der Waals surface area contributed by atoms with E-state index in [-0.39, 0.29) is 12.5 Å². The number of aromatic amines is 1. The predicted molar refractivity (Wildman–Crippen MR) is 107 cm³/mol. The van der Waals surface area contributed by atoms with Crippen LogP contribution < -0.4 is 16.0 Å². The number of imide groups is 1. The Balaban J connectivity index is 1.95. The van der Waals surface area contributed by atoms with E-state index >= 15 is 0 Å². The van der Waals surface area contributed by atoms with Gasteiger partial charge in [0, 0.05) is 36.5 Å². The van der Waals surface area contributed by atoms with Gasteiger partial charge in [-0.1, -0.05) is 25.1 Å². The Bertz CT molecular complexity index is 892. The number of fused-ring (bicyclic) bond motifs is 1. The highest BCUT2D eigenvalue weighted by atomic mass is 16.5. The molecule has 1 heterocycles. The highest BCUT2D eigenvalue weighted by Gasteiger charge is 2.24. The first-order valence-corrected chi connectivity index (χ1v) is 9.39. The summed E-state index contributed by atoms with van der Waals surface area (Å²) in [5.41, 5.74) is 1.73.